The van der Waals surface area contributed by atoms with E-state index in [0.717, 1.165) is 17.1 Å². The van der Waals surface area contributed by atoms with Crippen LogP contribution >= 0.6 is 11.3 Å². The second-order valence-electron chi connectivity index (χ2n) is 17.5. The molecule has 0 fully saturated rings. The molecular weight excluding hydrogens is 827 g/mol. The number of benzene rings is 11. The molecule has 0 bridgehead atoms. The van der Waals surface area contributed by atoms with E-state index < -0.39 is 5.41 Å². The van der Waals surface area contributed by atoms with Crippen LogP contribution in [0.3, 0.4) is 0 Å². The van der Waals surface area contributed by atoms with E-state index >= 15 is 0 Å². The van der Waals surface area contributed by atoms with Crippen LogP contribution in [0.25, 0.3) is 75.5 Å². The summed E-state index contributed by atoms with van der Waals surface area (Å²) in [7, 11) is 0. The summed E-state index contributed by atoms with van der Waals surface area (Å²) in [5, 5.41) is 4.99. The van der Waals surface area contributed by atoms with Crippen molar-refractivity contribution in [2.24, 2.45) is 0 Å². The van der Waals surface area contributed by atoms with Crippen LogP contribution in [-0.2, 0) is 5.41 Å². The Kier molecular flexibility index (Phi) is 9.33. The average molecular weight is 870 g/mol. The third kappa shape index (κ3) is 6.22. The number of thiophene rings is 1. The largest absolute Gasteiger partial charge is 0.309 e. The quantitative estimate of drug-likeness (QED) is 0.147. The van der Waals surface area contributed by atoms with Crippen molar-refractivity contribution in [1.82, 2.24) is 0 Å². The normalized spacial score (nSPS) is 12.6. The Bertz CT molecular complexity index is 3740. The van der Waals surface area contributed by atoms with Crippen LogP contribution in [0.1, 0.15) is 22.3 Å². The van der Waals surface area contributed by atoms with Crippen molar-refractivity contribution in [3.63, 3.8) is 0 Å². The zero-order chi connectivity index (χ0) is 44.3. The Morgan fingerprint density at radius 1 is 0.328 bits per heavy atom. The van der Waals surface area contributed by atoms with Gasteiger partial charge in [0, 0.05) is 31.4 Å². The van der Waals surface area contributed by atoms with Gasteiger partial charge < -0.3 is 4.90 Å². The van der Waals surface area contributed by atoms with E-state index in [-0.39, 0.29) is 0 Å². The van der Waals surface area contributed by atoms with E-state index in [9.17, 15) is 0 Å². The van der Waals surface area contributed by atoms with Gasteiger partial charge in [0.25, 0.3) is 0 Å². The second-order valence-corrected chi connectivity index (χ2v) is 18.5. The van der Waals surface area contributed by atoms with E-state index in [0.29, 0.717) is 0 Å². The highest BCUT2D eigenvalue weighted by Crippen LogP contribution is 2.60. The minimum Gasteiger partial charge on any atom is -0.309 e. The van der Waals surface area contributed by atoms with E-state index in [1.54, 1.807) is 0 Å². The zero-order valence-corrected chi connectivity index (χ0v) is 37.5. The lowest BCUT2D eigenvalue weighted by molar-refractivity contribution is 0.768. The summed E-state index contributed by atoms with van der Waals surface area (Å²) in [4.78, 5) is 2.56. The van der Waals surface area contributed by atoms with Crippen molar-refractivity contribution in [2.75, 3.05) is 4.90 Å². The molecule has 1 aliphatic carbocycles. The van der Waals surface area contributed by atoms with Gasteiger partial charge >= 0.3 is 0 Å². The molecule has 0 saturated carbocycles. The van der Waals surface area contributed by atoms with Gasteiger partial charge in [-0.3, -0.25) is 0 Å². The van der Waals surface area contributed by atoms with Crippen molar-refractivity contribution >= 4 is 59.3 Å². The van der Waals surface area contributed by atoms with Gasteiger partial charge in [-0.2, -0.15) is 0 Å². The number of hydrogen-bond acceptors (Lipinski definition) is 2. The lowest BCUT2D eigenvalue weighted by Gasteiger charge is -2.34. The third-order valence-corrected chi connectivity index (χ3v) is 15.2. The Balaban J connectivity index is 1.12. The Morgan fingerprint density at radius 3 is 1.58 bits per heavy atom. The molecule has 0 N–H and O–H groups in total. The van der Waals surface area contributed by atoms with Crippen molar-refractivity contribution < 1.29 is 0 Å². The first-order chi connectivity index (χ1) is 33.3. The van der Waals surface area contributed by atoms with Gasteiger partial charge in [-0.15, -0.1) is 11.3 Å². The first-order valence-corrected chi connectivity index (χ1v) is 23.9. The Morgan fingerprint density at radius 2 is 0.881 bits per heavy atom. The SMILES string of the molecule is c1ccc(-c2cccc3c2sc2c(-c4ccccc4)ccc(N(c4ccc(-c5ccc6ccccc6c5)cc4)c4cccc5c4-c4ccccc4C5(c4ccccc4)c4ccccc4)c23)cc1. The smallest absolute Gasteiger partial charge is 0.0714 e. The van der Waals surface area contributed by atoms with Gasteiger partial charge in [-0.05, 0) is 102 Å². The molecule has 0 unspecified atom stereocenters. The van der Waals surface area contributed by atoms with Gasteiger partial charge in [-0.1, -0.05) is 231 Å². The van der Waals surface area contributed by atoms with Crippen LogP contribution in [0.15, 0.2) is 261 Å². The lowest BCUT2D eigenvalue weighted by atomic mass is 9.68. The molecule has 0 saturated heterocycles. The fourth-order valence-electron chi connectivity index (χ4n) is 11.0. The highest BCUT2D eigenvalue weighted by atomic mass is 32.1. The van der Waals surface area contributed by atoms with Crippen LogP contribution in [-0.4, -0.2) is 0 Å². The molecule has 2 heteroatoms. The molecular formula is C65H43NS. The first kappa shape index (κ1) is 39.1. The molecule has 67 heavy (non-hydrogen) atoms. The summed E-state index contributed by atoms with van der Waals surface area (Å²) in [5.41, 5.74) is 17.7. The van der Waals surface area contributed by atoms with Crippen molar-refractivity contribution in [1.29, 1.82) is 0 Å². The minimum absolute atomic E-state index is 0.539. The van der Waals surface area contributed by atoms with Crippen LogP contribution in [0.5, 0.6) is 0 Å². The molecule has 0 amide bonds. The predicted molar refractivity (Wildman–Crippen MR) is 285 cm³/mol. The molecule has 0 aliphatic heterocycles. The van der Waals surface area contributed by atoms with E-state index in [2.05, 4.69) is 266 Å². The maximum absolute atomic E-state index is 2.56. The van der Waals surface area contributed by atoms with Crippen LogP contribution in [0, 0.1) is 0 Å². The molecule has 1 aromatic heterocycles. The average Bonchev–Trinajstić information content (AvgIpc) is 3.95. The molecule has 0 spiro atoms. The van der Waals surface area contributed by atoms with Crippen LogP contribution < -0.4 is 4.90 Å². The third-order valence-electron chi connectivity index (χ3n) is 13.9. The minimum atomic E-state index is -0.539. The fraction of sp³-hybridized carbons (Fsp3) is 0.0154. The summed E-state index contributed by atoms with van der Waals surface area (Å²) < 4.78 is 2.56. The standard InChI is InChI=1S/C65H43NS/c1-5-20-46(21-6-1)53-30-17-31-56-62-60(42-41-54(64(62)67-63(53)56)47-22-7-2-8-23-47)66(52-39-37-45(38-40-52)49-36-35-44-19-13-14-24-48(44)43-49)59-34-18-33-58-61(59)55-29-15-16-32-57(55)65(58,50-25-9-3-10-26-50)51-27-11-4-12-28-51/h1-43H. The summed E-state index contributed by atoms with van der Waals surface area (Å²) in [6, 6.07) is 96.3. The monoisotopic (exact) mass is 869 g/mol. The summed E-state index contributed by atoms with van der Waals surface area (Å²) in [5.74, 6) is 0. The van der Waals surface area contributed by atoms with Crippen LogP contribution in [0.2, 0.25) is 0 Å². The zero-order valence-electron chi connectivity index (χ0n) is 36.7. The summed E-state index contributed by atoms with van der Waals surface area (Å²) >= 11 is 1.91. The van der Waals surface area contributed by atoms with Gasteiger partial charge in [-0.25, -0.2) is 0 Å². The van der Waals surface area contributed by atoms with Crippen molar-refractivity contribution in [3.8, 4) is 44.5 Å². The molecule has 1 heterocycles. The van der Waals surface area contributed by atoms with Crippen LogP contribution in [0.4, 0.5) is 17.1 Å². The van der Waals surface area contributed by atoms with Gasteiger partial charge in [0.05, 0.1) is 16.8 Å². The van der Waals surface area contributed by atoms with E-state index in [1.807, 2.05) is 11.3 Å². The number of anilines is 3. The Hall–Kier alpha value is -8.30. The maximum Gasteiger partial charge on any atom is 0.0714 e. The lowest BCUT2D eigenvalue weighted by Crippen LogP contribution is -2.28. The van der Waals surface area contributed by atoms with Crippen molar-refractivity contribution in [2.45, 2.75) is 5.41 Å². The second kappa shape index (κ2) is 16.0. The molecule has 314 valence electrons. The van der Waals surface area contributed by atoms with E-state index in [4.69, 9.17) is 0 Å². The number of rotatable bonds is 8. The number of fused-ring (bicyclic) bond motifs is 7. The summed E-state index contributed by atoms with van der Waals surface area (Å²) in [6.07, 6.45) is 0. The topological polar surface area (TPSA) is 3.24 Å². The highest BCUT2D eigenvalue weighted by Gasteiger charge is 2.47. The highest BCUT2D eigenvalue weighted by molar-refractivity contribution is 7.27. The maximum atomic E-state index is 2.56. The van der Waals surface area contributed by atoms with Gasteiger partial charge in [0.2, 0.25) is 0 Å². The number of hydrogen-bond donors (Lipinski definition) is 0. The molecule has 0 radical (unpaired) electrons. The molecule has 11 aromatic carbocycles. The number of nitrogens with zero attached hydrogens (tertiary/aromatic N) is 1. The molecule has 1 aliphatic rings. The molecule has 12 aromatic rings. The van der Waals surface area contributed by atoms with Crippen molar-refractivity contribution in [3.05, 3.63) is 283 Å². The predicted octanol–water partition coefficient (Wildman–Crippen LogP) is 18.0. The Labute approximate surface area is 395 Å². The van der Waals surface area contributed by atoms with Gasteiger partial charge in [0.15, 0.2) is 0 Å². The van der Waals surface area contributed by atoms with E-state index in [1.165, 1.54) is 97.7 Å². The molecule has 0 atom stereocenters. The summed E-state index contributed by atoms with van der Waals surface area (Å²) in [6.45, 7) is 0. The molecule has 13 rings (SSSR count). The first-order valence-electron chi connectivity index (χ1n) is 23.1. The fourth-order valence-corrected chi connectivity index (χ4v) is 12.4. The van der Waals surface area contributed by atoms with Gasteiger partial charge in [0.1, 0.15) is 0 Å². The molecule has 1 nitrogen and oxygen atoms in total.